The van der Waals surface area contributed by atoms with Crippen LogP contribution in [0.3, 0.4) is 0 Å². The Morgan fingerprint density at radius 1 is 1.27 bits per heavy atom. The highest BCUT2D eigenvalue weighted by Crippen LogP contribution is 2.40. The van der Waals surface area contributed by atoms with Crippen LogP contribution in [0.25, 0.3) is 0 Å². The van der Waals surface area contributed by atoms with Crippen LogP contribution in [0, 0.1) is 24.5 Å². The molecule has 2 aromatic rings. The van der Waals surface area contributed by atoms with Crippen molar-refractivity contribution in [3.63, 3.8) is 0 Å². The first-order valence-electron chi connectivity index (χ1n) is 7.23. The van der Waals surface area contributed by atoms with Crippen LogP contribution in [-0.4, -0.2) is 10.9 Å². The zero-order valence-corrected chi connectivity index (χ0v) is 12.1. The monoisotopic (exact) mass is 302 g/mol. The lowest BCUT2D eigenvalue weighted by Gasteiger charge is -2.18. The summed E-state index contributed by atoms with van der Waals surface area (Å²) in [7, 11) is 0. The lowest BCUT2D eigenvalue weighted by Crippen LogP contribution is -2.31. The molecule has 22 heavy (non-hydrogen) atoms. The summed E-state index contributed by atoms with van der Waals surface area (Å²) in [5.74, 6) is -2.18. The topological polar surface area (TPSA) is 42.0 Å². The van der Waals surface area contributed by atoms with Gasteiger partial charge in [-0.15, -0.1) is 0 Å². The molecule has 1 aliphatic rings. The van der Waals surface area contributed by atoms with E-state index in [9.17, 15) is 13.6 Å². The van der Waals surface area contributed by atoms with Crippen molar-refractivity contribution >= 4 is 5.91 Å². The summed E-state index contributed by atoms with van der Waals surface area (Å²) < 4.78 is 27.4. The standard InChI is InChI=1S/C17H16F2N2O/c1-10-7-8-20-14(9-10)16(11-5-6-11)21-17(22)15-12(18)3-2-4-13(15)19/h2-4,7-9,11,16H,5-6H2,1H3,(H,21,22)/t16-/m1/s1. The Labute approximate surface area is 127 Å². The fourth-order valence-corrected chi connectivity index (χ4v) is 2.52. The highest BCUT2D eigenvalue weighted by atomic mass is 19.1. The maximum absolute atomic E-state index is 13.7. The van der Waals surface area contributed by atoms with Crippen molar-refractivity contribution in [2.24, 2.45) is 5.92 Å². The third-order valence-corrected chi connectivity index (χ3v) is 3.83. The van der Waals surface area contributed by atoms with E-state index in [0.29, 0.717) is 0 Å². The minimum Gasteiger partial charge on any atom is -0.343 e. The second-order valence-corrected chi connectivity index (χ2v) is 5.64. The number of nitrogens with zero attached hydrogens (tertiary/aromatic N) is 1. The van der Waals surface area contributed by atoms with Crippen LogP contribution in [0.15, 0.2) is 36.5 Å². The van der Waals surface area contributed by atoms with Crippen molar-refractivity contribution in [1.29, 1.82) is 0 Å². The van der Waals surface area contributed by atoms with Gasteiger partial charge in [-0.2, -0.15) is 0 Å². The van der Waals surface area contributed by atoms with Gasteiger partial charge in [-0.25, -0.2) is 8.78 Å². The molecule has 3 rings (SSSR count). The summed E-state index contributed by atoms with van der Waals surface area (Å²) in [6.07, 6.45) is 3.62. The molecule has 114 valence electrons. The van der Waals surface area contributed by atoms with E-state index in [2.05, 4.69) is 10.3 Å². The Kier molecular flexibility index (Phi) is 3.88. The fraction of sp³-hybridized carbons (Fsp3) is 0.294. The van der Waals surface area contributed by atoms with Gasteiger partial charge in [-0.3, -0.25) is 9.78 Å². The van der Waals surface area contributed by atoms with E-state index in [0.717, 1.165) is 36.2 Å². The van der Waals surface area contributed by atoms with Crippen molar-refractivity contribution < 1.29 is 13.6 Å². The zero-order valence-electron chi connectivity index (χ0n) is 12.1. The van der Waals surface area contributed by atoms with E-state index in [1.807, 2.05) is 19.1 Å². The van der Waals surface area contributed by atoms with Gasteiger partial charge in [0.2, 0.25) is 0 Å². The van der Waals surface area contributed by atoms with E-state index in [4.69, 9.17) is 0 Å². The summed E-state index contributed by atoms with van der Waals surface area (Å²) in [5, 5.41) is 2.74. The lowest BCUT2D eigenvalue weighted by atomic mass is 10.1. The van der Waals surface area contributed by atoms with Crippen LogP contribution < -0.4 is 5.32 Å². The van der Waals surface area contributed by atoms with Gasteiger partial charge in [0.1, 0.15) is 17.2 Å². The first-order valence-corrected chi connectivity index (χ1v) is 7.23. The predicted octanol–water partition coefficient (Wildman–Crippen LogP) is 3.55. The number of carbonyl (C=O) groups excluding carboxylic acids is 1. The van der Waals surface area contributed by atoms with Crippen LogP contribution >= 0.6 is 0 Å². The molecule has 0 radical (unpaired) electrons. The number of benzene rings is 1. The third-order valence-electron chi connectivity index (χ3n) is 3.83. The number of hydrogen-bond acceptors (Lipinski definition) is 2. The van der Waals surface area contributed by atoms with Crippen LogP contribution in [-0.2, 0) is 0 Å². The molecule has 1 fully saturated rings. The summed E-state index contributed by atoms with van der Waals surface area (Å²) in [6.45, 7) is 1.94. The van der Waals surface area contributed by atoms with Gasteiger partial charge in [0, 0.05) is 6.20 Å². The van der Waals surface area contributed by atoms with Gasteiger partial charge in [0.25, 0.3) is 5.91 Å². The molecule has 5 heteroatoms. The van der Waals surface area contributed by atoms with Crippen LogP contribution in [0.2, 0.25) is 0 Å². The Balaban J connectivity index is 1.87. The summed E-state index contributed by atoms with van der Waals surface area (Å²) >= 11 is 0. The van der Waals surface area contributed by atoms with Gasteiger partial charge in [-0.05, 0) is 55.5 Å². The minimum atomic E-state index is -0.857. The number of aryl methyl sites for hydroxylation is 1. The fourth-order valence-electron chi connectivity index (χ4n) is 2.52. The molecule has 1 aromatic heterocycles. The van der Waals surface area contributed by atoms with E-state index >= 15 is 0 Å². The van der Waals surface area contributed by atoms with Gasteiger partial charge < -0.3 is 5.32 Å². The van der Waals surface area contributed by atoms with Crippen LogP contribution in [0.5, 0.6) is 0 Å². The average molecular weight is 302 g/mol. The number of pyridine rings is 1. The normalized spacial score (nSPS) is 15.4. The predicted molar refractivity (Wildman–Crippen MR) is 78.3 cm³/mol. The molecular formula is C17H16F2N2O. The molecule has 0 saturated heterocycles. The SMILES string of the molecule is Cc1ccnc([C@H](NC(=O)c2c(F)cccc2F)C2CC2)c1. The van der Waals surface area contributed by atoms with Gasteiger partial charge >= 0.3 is 0 Å². The Morgan fingerprint density at radius 2 is 1.95 bits per heavy atom. The summed E-state index contributed by atoms with van der Waals surface area (Å²) in [6, 6.07) is 6.84. The largest absolute Gasteiger partial charge is 0.343 e. The van der Waals surface area contributed by atoms with E-state index in [1.165, 1.54) is 6.07 Å². The Morgan fingerprint density at radius 3 is 2.55 bits per heavy atom. The third kappa shape index (κ3) is 2.98. The molecule has 0 bridgehead atoms. The molecule has 1 amide bonds. The lowest BCUT2D eigenvalue weighted by molar-refractivity contribution is 0.0922. The zero-order chi connectivity index (χ0) is 15.7. The number of nitrogens with one attached hydrogen (secondary N) is 1. The number of aromatic nitrogens is 1. The van der Waals surface area contributed by atoms with Crippen molar-refractivity contribution in [3.05, 3.63) is 65.0 Å². The maximum Gasteiger partial charge on any atom is 0.257 e. The maximum atomic E-state index is 13.7. The first-order chi connectivity index (χ1) is 10.6. The second-order valence-electron chi connectivity index (χ2n) is 5.64. The molecule has 1 heterocycles. The van der Waals surface area contributed by atoms with Crippen molar-refractivity contribution in [3.8, 4) is 0 Å². The highest BCUT2D eigenvalue weighted by molar-refractivity contribution is 5.95. The molecule has 0 unspecified atom stereocenters. The average Bonchev–Trinajstić information content (AvgIpc) is 3.29. The molecule has 0 aliphatic heterocycles. The summed E-state index contributed by atoms with van der Waals surface area (Å²) in [4.78, 5) is 16.6. The second kappa shape index (κ2) is 5.83. The van der Waals surface area contributed by atoms with Crippen LogP contribution in [0.1, 0.15) is 40.5 Å². The van der Waals surface area contributed by atoms with E-state index < -0.39 is 23.1 Å². The quantitative estimate of drug-likeness (QED) is 0.938. The number of hydrogen-bond donors (Lipinski definition) is 1. The number of halogens is 2. The molecule has 1 aliphatic carbocycles. The minimum absolute atomic E-state index is 0.271. The van der Waals surface area contributed by atoms with Gasteiger partial charge in [-0.1, -0.05) is 6.07 Å². The molecule has 0 spiro atoms. The Hall–Kier alpha value is -2.30. The van der Waals surface area contributed by atoms with Crippen molar-refractivity contribution in [2.75, 3.05) is 0 Å². The van der Waals surface area contributed by atoms with Gasteiger partial charge in [0.05, 0.1) is 11.7 Å². The van der Waals surface area contributed by atoms with E-state index in [1.54, 1.807) is 6.20 Å². The molecule has 1 aromatic carbocycles. The highest BCUT2D eigenvalue weighted by Gasteiger charge is 2.35. The van der Waals surface area contributed by atoms with Crippen LogP contribution in [0.4, 0.5) is 8.78 Å². The van der Waals surface area contributed by atoms with E-state index in [-0.39, 0.29) is 12.0 Å². The smallest absolute Gasteiger partial charge is 0.257 e. The molecule has 1 saturated carbocycles. The van der Waals surface area contributed by atoms with Crippen molar-refractivity contribution in [2.45, 2.75) is 25.8 Å². The Bertz CT molecular complexity index is 693. The number of rotatable bonds is 4. The number of amides is 1. The molecule has 1 N–H and O–H groups in total. The van der Waals surface area contributed by atoms with Crippen molar-refractivity contribution in [1.82, 2.24) is 10.3 Å². The summed E-state index contributed by atoms with van der Waals surface area (Å²) in [5.41, 5.74) is 1.22. The van der Waals surface area contributed by atoms with Gasteiger partial charge in [0.15, 0.2) is 0 Å². The first kappa shape index (κ1) is 14.6. The number of carbonyl (C=O) groups is 1. The molecule has 1 atom stereocenters. The molecular weight excluding hydrogens is 286 g/mol. The molecule has 3 nitrogen and oxygen atoms in total.